The van der Waals surface area contributed by atoms with Gasteiger partial charge in [-0.05, 0) is 57.7 Å². The van der Waals surface area contributed by atoms with Crippen LogP contribution in [0.2, 0.25) is 0 Å². The Labute approximate surface area is 127 Å². The molecule has 3 nitrogen and oxygen atoms in total. The smallest absolute Gasteiger partial charge is 0.133 e. The van der Waals surface area contributed by atoms with E-state index in [-0.39, 0.29) is 0 Å². The van der Waals surface area contributed by atoms with Gasteiger partial charge in [0.1, 0.15) is 17.6 Å². The van der Waals surface area contributed by atoms with Crippen LogP contribution in [0.4, 0.5) is 0 Å². The predicted octanol–water partition coefficient (Wildman–Crippen LogP) is 3.86. The molecule has 0 amide bonds. The number of methoxy groups -OCH3 is 2. The van der Waals surface area contributed by atoms with Crippen LogP contribution in [-0.2, 0) is 0 Å². The van der Waals surface area contributed by atoms with Crippen molar-refractivity contribution in [3.05, 3.63) is 57.6 Å². The van der Waals surface area contributed by atoms with Crippen molar-refractivity contribution >= 4 is 15.9 Å². The fourth-order valence-corrected chi connectivity index (χ4v) is 2.61. The maximum absolute atomic E-state index is 10.5. The summed E-state index contributed by atoms with van der Waals surface area (Å²) < 4.78 is 11.3. The van der Waals surface area contributed by atoms with Gasteiger partial charge in [-0.25, -0.2) is 0 Å². The van der Waals surface area contributed by atoms with Gasteiger partial charge in [0.05, 0.1) is 18.7 Å². The van der Waals surface area contributed by atoms with E-state index in [0.29, 0.717) is 0 Å². The molecular weight excluding hydrogens is 320 g/mol. The molecule has 0 saturated heterocycles. The Morgan fingerprint density at radius 2 is 1.55 bits per heavy atom. The molecule has 0 saturated carbocycles. The molecule has 0 aliphatic rings. The summed E-state index contributed by atoms with van der Waals surface area (Å²) in [6, 6.07) is 11.2. The first-order chi connectivity index (χ1) is 9.56. The highest BCUT2D eigenvalue weighted by Gasteiger charge is 2.14. The highest BCUT2D eigenvalue weighted by molar-refractivity contribution is 9.10. The van der Waals surface area contributed by atoms with Gasteiger partial charge in [0, 0.05) is 0 Å². The topological polar surface area (TPSA) is 38.7 Å². The Kier molecular flexibility index (Phi) is 4.68. The van der Waals surface area contributed by atoms with Gasteiger partial charge in [-0.2, -0.15) is 0 Å². The summed E-state index contributed by atoms with van der Waals surface area (Å²) in [7, 11) is 3.24. The second kappa shape index (κ2) is 6.29. The maximum Gasteiger partial charge on any atom is 0.133 e. The summed E-state index contributed by atoms with van der Waals surface area (Å²) in [6.07, 6.45) is -0.702. The molecular formula is C16H17BrO3. The Morgan fingerprint density at radius 1 is 0.950 bits per heavy atom. The standard InChI is InChI=1S/C16H17BrO3/c1-10-4-5-12(9-15(10)20-3)16(18)11-6-7-14(19-2)13(17)8-11/h4-9,16,18H,1-3H3. The molecule has 2 aromatic carbocycles. The third kappa shape index (κ3) is 2.97. The first kappa shape index (κ1) is 14.9. The van der Waals surface area contributed by atoms with Crippen LogP contribution < -0.4 is 9.47 Å². The van der Waals surface area contributed by atoms with Crippen LogP contribution in [0, 0.1) is 6.92 Å². The van der Waals surface area contributed by atoms with Crippen molar-refractivity contribution in [2.75, 3.05) is 14.2 Å². The SMILES string of the molecule is COc1cc(C(O)c2ccc(OC)c(Br)c2)ccc1C. The Morgan fingerprint density at radius 3 is 2.15 bits per heavy atom. The molecule has 2 aromatic rings. The molecule has 0 heterocycles. The molecule has 1 atom stereocenters. The van der Waals surface area contributed by atoms with Gasteiger partial charge >= 0.3 is 0 Å². The van der Waals surface area contributed by atoms with Crippen molar-refractivity contribution < 1.29 is 14.6 Å². The monoisotopic (exact) mass is 336 g/mol. The quantitative estimate of drug-likeness (QED) is 0.921. The number of halogens is 1. The second-order valence-corrected chi connectivity index (χ2v) is 5.38. The van der Waals surface area contributed by atoms with E-state index in [0.717, 1.165) is 32.7 Å². The summed E-state index contributed by atoms with van der Waals surface area (Å²) in [5.41, 5.74) is 2.63. The van der Waals surface area contributed by atoms with Gasteiger partial charge in [0.25, 0.3) is 0 Å². The van der Waals surface area contributed by atoms with Crippen LogP contribution >= 0.6 is 15.9 Å². The fourth-order valence-electron chi connectivity index (χ4n) is 2.05. The highest BCUT2D eigenvalue weighted by atomic mass is 79.9. The van der Waals surface area contributed by atoms with Crippen LogP contribution in [0.1, 0.15) is 22.8 Å². The molecule has 0 aliphatic carbocycles. The average Bonchev–Trinajstić information content (AvgIpc) is 2.47. The number of aryl methyl sites for hydroxylation is 1. The minimum absolute atomic E-state index is 0.702. The largest absolute Gasteiger partial charge is 0.496 e. The number of hydrogen-bond acceptors (Lipinski definition) is 3. The van der Waals surface area contributed by atoms with E-state index in [2.05, 4.69) is 15.9 Å². The number of benzene rings is 2. The number of ether oxygens (including phenoxy) is 2. The van der Waals surface area contributed by atoms with E-state index >= 15 is 0 Å². The van der Waals surface area contributed by atoms with E-state index in [9.17, 15) is 5.11 Å². The third-order valence-corrected chi connectivity index (χ3v) is 3.86. The second-order valence-electron chi connectivity index (χ2n) is 4.53. The predicted molar refractivity (Wildman–Crippen MR) is 82.5 cm³/mol. The minimum atomic E-state index is -0.702. The Bertz CT molecular complexity index is 611. The van der Waals surface area contributed by atoms with Gasteiger partial charge in [-0.3, -0.25) is 0 Å². The lowest BCUT2D eigenvalue weighted by molar-refractivity contribution is 0.219. The lowest BCUT2D eigenvalue weighted by Crippen LogP contribution is -2.01. The number of rotatable bonds is 4. The summed E-state index contributed by atoms with van der Waals surface area (Å²) in [6.45, 7) is 1.97. The molecule has 4 heteroatoms. The number of aliphatic hydroxyl groups is 1. The summed E-state index contributed by atoms with van der Waals surface area (Å²) >= 11 is 3.43. The van der Waals surface area contributed by atoms with E-state index in [4.69, 9.17) is 9.47 Å². The molecule has 0 aliphatic heterocycles. The van der Waals surface area contributed by atoms with Gasteiger partial charge in [-0.1, -0.05) is 18.2 Å². The molecule has 20 heavy (non-hydrogen) atoms. The lowest BCUT2D eigenvalue weighted by Gasteiger charge is -2.15. The molecule has 0 radical (unpaired) electrons. The zero-order chi connectivity index (χ0) is 14.7. The Hall–Kier alpha value is -1.52. The molecule has 0 aromatic heterocycles. The van der Waals surface area contributed by atoms with Crippen LogP contribution in [0.15, 0.2) is 40.9 Å². The van der Waals surface area contributed by atoms with Crippen molar-refractivity contribution in [2.24, 2.45) is 0 Å². The molecule has 1 unspecified atom stereocenters. The summed E-state index contributed by atoms with van der Waals surface area (Å²) in [5.74, 6) is 1.51. The minimum Gasteiger partial charge on any atom is -0.496 e. The molecule has 106 valence electrons. The van der Waals surface area contributed by atoms with Crippen molar-refractivity contribution in [3.8, 4) is 11.5 Å². The molecule has 1 N–H and O–H groups in total. The van der Waals surface area contributed by atoms with E-state index in [1.165, 1.54) is 0 Å². The van der Waals surface area contributed by atoms with Crippen LogP contribution in [0.25, 0.3) is 0 Å². The van der Waals surface area contributed by atoms with Crippen LogP contribution in [-0.4, -0.2) is 19.3 Å². The molecule has 0 fully saturated rings. The Balaban J connectivity index is 2.35. The highest BCUT2D eigenvalue weighted by Crippen LogP contribution is 2.32. The van der Waals surface area contributed by atoms with Crippen molar-refractivity contribution in [2.45, 2.75) is 13.0 Å². The molecule has 0 spiro atoms. The zero-order valence-electron chi connectivity index (χ0n) is 11.7. The summed E-state index contributed by atoms with van der Waals surface area (Å²) in [4.78, 5) is 0. The maximum atomic E-state index is 10.5. The van der Waals surface area contributed by atoms with Gasteiger partial charge in [0.15, 0.2) is 0 Å². The number of aliphatic hydroxyl groups excluding tert-OH is 1. The van der Waals surface area contributed by atoms with E-state index in [1.807, 2.05) is 43.3 Å². The fraction of sp³-hybridized carbons (Fsp3) is 0.250. The molecule has 2 rings (SSSR count). The lowest BCUT2D eigenvalue weighted by atomic mass is 10.00. The third-order valence-electron chi connectivity index (χ3n) is 3.24. The van der Waals surface area contributed by atoms with Crippen molar-refractivity contribution in [1.82, 2.24) is 0 Å². The van der Waals surface area contributed by atoms with Gasteiger partial charge in [0.2, 0.25) is 0 Å². The van der Waals surface area contributed by atoms with Crippen LogP contribution in [0.3, 0.4) is 0 Å². The zero-order valence-corrected chi connectivity index (χ0v) is 13.3. The first-order valence-electron chi connectivity index (χ1n) is 6.23. The van der Waals surface area contributed by atoms with Crippen LogP contribution in [0.5, 0.6) is 11.5 Å². The normalized spacial score (nSPS) is 12.1. The van der Waals surface area contributed by atoms with Gasteiger partial charge < -0.3 is 14.6 Å². The average molecular weight is 337 g/mol. The van der Waals surface area contributed by atoms with E-state index < -0.39 is 6.10 Å². The number of hydrogen-bond donors (Lipinski definition) is 1. The first-order valence-corrected chi connectivity index (χ1v) is 7.02. The van der Waals surface area contributed by atoms with Gasteiger partial charge in [-0.15, -0.1) is 0 Å². The summed E-state index contributed by atoms with van der Waals surface area (Å²) in [5, 5.41) is 10.5. The van der Waals surface area contributed by atoms with E-state index in [1.54, 1.807) is 14.2 Å². The van der Waals surface area contributed by atoms with Crippen molar-refractivity contribution in [1.29, 1.82) is 0 Å². The molecule has 0 bridgehead atoms. The van der Waals surface area contributed by atoms with Crippen molar-refractivity contribution in [3.63, 3.8) is 0 Å².